The van der Waals surface area contributed by atoms with Gasteiger partial charge in [-0.15, -0.1) is 0 Å². The van der Waals surface area contributed by atoms with Gasteiger partial charge in [0.05, 0.1) is 5.54 Å². The number of nitrogens with zero attached hydrogens (tertiary/aromatic N) is 1. The minimum absolute atomic E-state index is 0.0427. The Morgan fingerprint density at radius 1 is 1.41 bits per heavy atom. The maximum atomic E-state index is 13.7. The standard InChI is InChI=1S/C16H23F2N3O/c1-16(2,19)15(22)20-11-5-4-8-21(9-11)10-12-13(17)6-3-7-14(12)18/h3,6-7,11H,4-5,8-10,19H2,1-2H3,(H,20,22). The van der Waals surface area contributed by atoms with Gasteiger partial charge in [0.25, 0.3) is 0 Å². The predicted molar refractivity (Wildman–Crippen MR) is 81.1 cm³/mol. The van der Waals surface area contributed by atoms with Crippen LogP contribution >= 0.6 is 0 Å². The van der Waals surface area contributed by atoms with E-state index in [0.717, 1.165) is 19.4 Å². The van der Waals surface area contributed by atoms with Crippen LogP contribution in [0.4, 0.5) is 8.78 Å². The van der Waals surface area contributed by atoms with Crippen molar-refractivity contribution in [3.05, 3.63) is 35.4 Å². The van der Waals surface area contributed by atoms with Gasteiger partial charge in [-0.05, 0) is 45.4 Å². The fourth-order valence-electron chi connectivity index (χ4n) is 2.60. The second kappa shape index (κ2) is 6.71. The molecule has 1 atom stereocenters. The van der Waals surface area contributed by atoms with Crippen LogP contribution in [0.3, 0.4) is 0 Å². The lowest BCUT2D eigenvalue weighted by Crippen LogP contribution is -2.55. The molecule has 1 amide bonds. The Balaban J connectivity index is 1.98. The number of benzene rings is 1. The molecule has 0 spiro atoms. The van der Waals surface area contributed by atoms with Gasteiger partial charge in [-0.2, -0.15) is 0 Å². The number of carbonyl (C=O) groups is 1. The van der Waals surface area contributed by atoms with E-state index < -0.39 is 17.2 Å². The number of hydrogen-bond acceptors (Lipinski definition) is 3. The summed E-state index contributed by atoms with van der Waals surface area (Å²) >= 11 is 0. The zero-order chi connectivity index (χ0) is 16.3. The molecule has 0 saturated carbocycles. The molecule has 6 heteroatoms. The van der Waals surface area contributed by atoms with Crippen LogP contribution in [-0.4, -0.2) is 35.5 Å². The lowest BCUT2D eigenvalue weighted by Gasteiger charge is -2.34. The van der Waals surface area contributed by atoms with Gasteiger partial charge in [-0.1, -0.05) is 6.07 Å². The molecule has 0 radical (unpaired) electrons. The lowest BCUT2D eigenvalue weighted by molar-refractivity contribution is -0.126. The number of amides is 1. The predicted octanol–water partition coefficient (Wildman–Crippen LogP) is 1.78. The first-order valence-corrected chi connectivity index (χ1v) is 7.52. The summed E-state index contributed by atoms with van der Waals surface area (Å²) in [6.07, 6.45) is 1.71. The van der Waals surface area contributed by atoms with Crippen molar-refractivity contribution < 1.29 is 13.6 Å². The van der Waals surface area contributed by atoms with Gasteiger partial charge in [-0.25, -0.2) is 8.78 Å². The van der Waals surface area contributed by atoms with E-state index in [0.29, 0.717) is 6.54 Å². The van der Waals surface area contributed by atoms with Crippen molar-refractivity contribution in [3.8, 4) is 0 Å². The molecular weight excluding hydrogens is 288 g/mol. The molecular formula is C16H23F2N3O. The van der Waals surface area contributed by atoms with Crippen LogP contribution in [0.2, 0.25) is 0 Å². The molecule has 1 heterocycles. The summed E-state index contributed by atoms with van der Waals surface area (Å²) in [5.74, 6) is -1.28. The van der Waals surface area contributed by atoms with Gasteiger partial charge < -0.3 is 11.1 Å². The van der Waals surface area contributed by atoms with Gasteiger partial charge in [0.2, 0.25) is 5.91 Å². The van der Waals surface area contributed by atoms with Crippen molar-refractivity contribution in [2.24, 2.45) is 5.73 Å². The highest BCUT2D eigenvalue weighted by Gasteiger charge is 2.28. The second-order valence-corrected chi connectivity index (χ2v) is 6.47. The quantitative estimate of drug-likeness (QED) is 0.891. The maximum Gasteiger partial charge on any atom is 0.239 e. The van der Waals surface area contributed by atoms with Crippen molar-refractivity contribution in [2.75, 3.05) is 13.1 Å². The minimum atomic E-state index is -0.931. The van der Waals surface area contributed by atoms with Crippen molar-refractivity contribution in [2.45, 2.75) is 44.8 Å². The molecule has 1 aromatic rings. The molecule has 1 saturated heterocycles. The zero-order valence-corrected chi connectivity index (χ0v) is 13.0. The van der Waals surface area contributed by atoms with E-state index >= 15 is 0 Å². The second-order valence-electron chi connectivity index (χ2n) is 6.47. The van der Waals surface area contributed by atoms with Crippen molar-refractivity contribution >= 4 is 5.91 Å². The van der Waals surface area contributed by atoms with E-state index in [1.54, 1.807) is 13.8 Å². The molecule has 0 bridgehead atoms. The topological polar surface area (TPSA) is 58.4 Å². The third-order valence-corrected chi connectivity index (χ3v) is 3.87. The molecule has 1 unspecified atom stereocenters. The largest absolute Gasteiger partial charge is 0.351 e. The third kappa shape index (κ3) is 4.24. The average molecular weight is 311 g/mol. The highest BCUT2D eigenvalue weighted by Crippen LogP contribution is 2.18. The molecule has 0 aromatic heterocycles. The lowest BCUT2D eigenvalue weighted by atomic mass is 10.0. The Bertz CT molecular complexity index is 522. The molecule has 22 heavy (non-hydrogen) atoms. The van der Waals surface area contributed by atoms with Gasteiger partial charge in [0.15, 0.2) is 0 Å². The van der Waals surface area contributed by atoms with Crippen LogP contribution in [0.5, 0.6) is 0 Å². The van der Waals surface area contributed by atoms with E-state index in [4.69, 9.17) is 5.73 Å². The van der Waals surface area contributed by atoms with Crippen LogP contribution in [0.25, 0.3) is 0 Å². The van der Waals surface area contributed by atoms with E-state index in [1.165, 1.54) is 18.2 Å². The van der Waals surface area contributed by atoms with Crippen molar-refractivity contribution in [3.63, 3.8) is 0 Å². The number of nitrogens with one attached hydrogen (secondary N) is 1. The smallest absolute Gasteiger partial charge is 0.239 e. The Labute approximate surface area is 129 Å². The number of carbonyl (C=O) groups excluding carboxylic acids is 1. The number of likely N-dealkylation sites (tertiary alicyclic amines) is 1. The molecule has 1 aliphatic rings. The zero-order valence-electron chi connectivity index (χ0n) is 13.0. The fraction of sp³-hybridized carbons (Fsp3) is 0.562. The van der Waals surface area contributed by atoms with Crippen molar-refractivity contribution in [1.29, 1.82) is 0 Å². The number of rotatable bonds is 4. The molecule has 122 valence electrons. The van der Waals surface area contributed by atoms with Gasteiger partial charge >= 0.3 is 0 Å². The molecule has 0 aliphatic carbocycles. The molecule has 1 aliphatic heterocycles. The Kier molecular flexibility index (Phi) is 5.13. The number of halogens is 2. The van der Waals surface area contributed by atoms with E-state index in [9.17, 15) is 13.6 Å². The highest BCUT2D eigenvalue weighted by atomic mass is 19.1. The van der Waals surface area contributed by atoms with Crippen LogP contribution in [0, 0.1) is 11.6 Å². The molecule has 3 N–H and O–H groups in total. The van der Waals surface area contributed by atoms with Gasteiger partial charge in [-0.3, -0.25) is 9.69 Å². The van der Waals surface area contributed by atoms with Crippen LogP contribution in [0.15, 0.2) is 18.2 Å². The average Bonchev–Trinajstić information content (AvgIpc) is 2.42. The number of hydrogen-bond donors (Lipinski definition) is 2. The minimum Gasteiger partial charge on any atom is -0.351 e. The number of nitrogens with two attached hydrogens (primary N) is 1. The maximum absolute atomic E-state index is 13.7. The molecule has 4 nitrogen and oxygen atoms in total. The van der Waals surface area contributed by atoms with Gasteiger partial charge in [0.1, 0.15) is 11.6 Å². The van der Waals surface area contributed by atoms with Crippen LogP contribution in [0.1, 0.15) is 32.3 Å². The van der Waals surface area contributed by atoms with Crippen molar-refractivity contribution in [1.82, 2.24) is 10.2 Å². The Morgan fingerprint density at radius 3 is 2.64 bits per heavy atom. The molecule has 2 rings (SSSR count). The first-order valence-electron chi connectivity index (χ1n) is 7.52. The first-order chi connectivity index (χ1) is 10.3. The van der Waals surface area contributed by atoms with Crippen LogP contribution < -0.4 is 11.1 Å². The van der Waals surface area contributed by atoms with E-state index in [1.807, 2.05) is 4.90 Å². The van der Waals surface area contributed by atoms with E-state index in [-0.39, 0.29) is 24.1 Å². The Morgan fingerprint density at radius 2 is 2.05 bits per heavy atom. The third-order valence-electron chi connectivity index (χ3n) is 3.87. The molecule has 1 fully saturated rings. The Hall–Kier alpha value is -1.53. The summed E-state index contributed by atoms with van der Waals surface area (Å²) in [7, 11) is 0. The monoisotopic (exact) mass is 311 g/mol. The number of piperidine rings is 1. The first kappa shape index (κ1) is 16.8. The highest BCUT2D eigenvalue weighted by molar-refractivity contribution is 5.85. The fourth-order valence-corrected chi connectivity index (χ4v) is 2.60. The summed E-state index contributed by atoms with van der Waals surface area (Å²) in [6, 6.07) is 3.84. The van der Waals surface area contributed by atoms with Crippen LogP contribution in [-0.2, 0) is 11.3 Å². The normalized spacial score (nSPS) is 20.0. The summed E-state index contributed by atoms with van der Waals surface area (Å²) in [6.45, 7) is 4.83. The van der Waals surface area contributed by atoms with E-state index in [2.05, 4.69) is 5.32 Å². The summed E-state index contributed by atoms with van der Waals surface area (Å²) in [5.41, 5.74) is 4.92. The molecule has 1 aromatic carbocycles. The SMILES string of the molecule is CC(C)(N)C(=O)NC1CCCN(Cc2c(F)cccc2F)C1. The van der Waals surface area contributed by atoms with Gasteiger partial charge in [0, 0.05) is 24.7 Å². The summed E-state index contributed by atoms with van der Waals surface area (Å²) < 4.78 is 27.4. The summed E-state index contributed by atoms with van der Waals surface area (Å²) in [5, 5.41) is 2.91. The summed E-state index contributed by atoms with van der Waals surface area (Å²) in [4.78, 5) is 13.9.